The fraction of sp³-hybridized carbons (Fsp3) is 0.276. The summed E-state index contributed by atoms with van der Waals surface area (Å²) in [7, 11) is 0. The minimum atomic E-state index is -0.306. The molecule has 1 aliphatic carbocycles. The van der Waals surface area contributed by atoms with Crippen LogP contribution < -0.4 is 5.32 Å². The van der Waals surface area contributed by atoms with Crippen molar-refractivity contribution in [1.82, 2.24) is 14.9 Å². The maximum Gasteiger partial charge on any atom is 0.254 e. The Hall–Kier alpha value is -3.80. The van der Waals surface area contributed by atoms with Gasteiger partial charge in [0.1, 0.15) is 18.0 Å². The Bertz CT molecular complexity index is 1380. The number of anilines is 1. The number of halogens is 1. The van der Waals surface area contributed by atoms with Gasteiger partial charge in [-0.1, -0.05) is 30.3 Å². The molecule has 0 bridgehead atoms. The molecule has 0 saturated heterocycles. The molecule has 1 aromatic heterocycles. The number of carbonyl (C=O) groups is 1. The number of hydrogen-bond acceptors (Lipinski definition) is 4. The van der Waals surface area contributed by atoms with Crippen LogP contribution >= 0.6 is 0 Å². The van der Waals surface area contributed by atoms with Crippen LogP contribution in [0.3, 0.4) is 0 Å². The van der Waals surface area contributed by atoms with Crippen LogP contribution in [0.1, 0.15) is 49.5 Å². The topological polar surface area (TPSA) is 58.1 Å². The largest absolute Gasteiger partial charge is 0.365 e. The van der Waals surface area contributed by atoms with E-state index >= 15 is 0 Å². The zero-order chi connectivity index (χ0) is 24.6. The van der Waals surface area contributed by atoms with Crippen LogP contribution in [0.15, 0.2) is 73.1 Å². The third-order valence-electron chi connectivity index (χ3n) is 6.12. The lowest BCUT2D eigenvalue weighted by Crippen LogP contribution is -2.32. The molecular formula is C29H29FN4O. The third kappa shape index (κ3) is 5.16. The fourth-order valence-corrected chi connectivity index (χ4v) is 4.25. The maximum absolute atomic E-state index is 14.9. The van der Waals surface area contributed by atoms with Crippen molar-refractivity contribution in [2.45, 2.75) is 51.7 Å². The van der Waals surface area contributed by atoms with Crippen molar-refractivity contribution in [2.75, 3.05) is 5.32 Å². The van der Waals surface area contributed by atoms with Crippen LogP contribution in [0, 0.1) is 5.82 Å². The number of nitrogens with one attached hydrogen (secondary N) is 1. The molecule has 0 unspecified atom stereocenters. The molecule has 3 aromatic carbocycles. The molecule has 0 aliphatic heterocycles. The lowest BCUT2D eigenvalue weighted by atomic mass is 10.00. The normalized spacial score (nSPS) is 13.6. The molecule has 4 aromatic rings. The van der Waals surface area contributed by atoms with Crippen LogP contribution in [0.5, 0.6) is 0 Å². The summed E-state index contributed by atoms with van der Waals surface area (Å²) in [5.41, 5.74) is 3.65. The Balaban J connectivity index is 1.48. The monoisotopic (exact) mass is 468 g/mol. The molecule has 5 nitrogen and oxygen atoms in total. The van der Waals surface area contributed by atoms with E-state index in [4.69, 9.17) is 0 Å². The average Bonchev–Trinajstić information content (AvgIpc) is 3.68. The van der Waals surface area contributed by atoms with Gasteiger partial charge in [0.25, 0.3) is 5.91 Å². The molecule has 35 heavy (non-hydrogen) atoms. The van der Waals surface area contributed by atoms with Crippen molar-refractivity contribution in [3.05, 3.63) is 90.0 Å². The Morgan fingerprint density at radius 3 is 2.43 bits per heavy atom. The van der Waals surface area contributed by atoms with E-state index in [0.29, 0.717) is 11.1 Å². The zero-order valence-electron chi connectivity index (χ0n) is 20.3. The first-order valence-corrected chi connectivity index (χ1v) is 12.0. The van der Waals surface area contributed by atoms with Gasteiger partial charge in [0.15, 0.2) is 0 Å². The standard InChI is InChI=1S/C29H29FN4O/c1-29(2,3)33-27-24-16-21(10-14-26(24)31-18-32-27)20-9-13-25(30)22(15-20)17-34(23-11-12-23)28(35)19-7-5-4-6-8-19/h4-10,13-16,18,23H,11-12,17H2,1-3H3,(H,31,32,33). The smallest absolute Gasteiger partial charge is 0.254 e. The van der Waals surface area contributed by atoms with Crippen molar-refractivity contribution < 1.29 is 9.18 Å². The van der Waals surface area contributed by atoms with Crippen molar-refractivity contribution in [2.24, 2.45) is 0 Å². The lowest BCUT2D eigenvalue weighted by molar-refractivity contribution is 0.0728. The molecule has 5 rings (SSSR count). The molecule has 6 heteroatoms. The second-order valence-corrected chi connectivity index (χ2v) is 10.2. The van der Waals surface area contributed by atoms with E-state index < -0.39 is 0 Å². The van der Waals surface area contributed by atoms with Gasteiger partial charge in [0.2, 0.25) is 0 Å². The van der Waals surface area contributed by atoms with Crippen molar-refractivity contribution in [3.63, 3.8) is 0 Å². The van der Waals surface area contributed by atoms with Gasteiger partial charge >= 0.3 is 0 Å². The van der Waals surface area contributed by atoms with Crippen molar-refractivity contribution in [1.29, 1.82) is 0 Å². The maximum atomic E-state index is 14.9. The highest BCUT2D eigenvalue weighted by atomic mass is 19.1. The van der Waals surface area contributed by atoms with Crippen LogP contribution in [0.4, 0.5) is 10.2 Å². The lowest BCUT2D eigenvalue weighted by Gasteiger charge is -2.23. The molecular weight excluding hydrogens is 439 g/mol. The minimum absolute atomic E-state index is 0.0568. The number of carbonyl (C=O) groups excluding carboxylic acids is 1. The van der Waals surface area contributed by atoms with Crippen molar-refractivity contribution in [3.8, 4) is 11.1 Å². The Morgan fingerprint density at radius 2 is 1.71 bits per heavy atom. The molecule has 1 heterocycles. The SMILES string of the molecule is CC(C)(C)Nc1ncnc2ccc(-c3ccc(F)c(CN(C(=O)c4ccccc4)C4CC4)c3)cc12. The first kappa shape index (κ1) is 23.0. The number of rotatable bonds is 6. The Labute approximate surface area is 205 Å². The number of aromatic nitrogens is 2. The van der Waals surface area contributed by atoms with Gasteiger partial charge in [0, 0.05) is 34.6 Å². The highest BCUT2D eigenvalue weighted by Gasteiger charge is 2.33. The van der Waals surface area contributed by atoms with Crippen LogP contribution in [0.2, 0.25) is 0 Å². The summed E-state index contributed by atoms with van der Waals surface area (Å²) in [4.78, 5) is 23.8. The van der Waals surface area contributed by atoms with Gasteiger partial charge in [-0.15, -0.1) is 0 Å². The van der Waals surface area contributed by atoms with E-state index in [9.17, 15) is 9.18 Å². The quantitative estimate of drug-likeness (QED) is 0.353. The molecule has 1 amide bonds. The highest BCUT2D eigenvalue weighted by molar-refractivity contribution is 5.95. The third-order valence-corrected chi connectivity index (χ3v) is 6.12. The summed E-state index contributed by atoms with van der Waals surface area (Å²) in [5, 5.41) is 4.35. The van der Waals surface area contributed by atoms with Gasteiger partial charge < -0.3 is 10.2 Å². The summed E-state index contributed by atoms with van der Waals surface area (Å²) in [5.74, 6) is 0.401. The Morgan fingerprint density at radius 1 is 1.00 bits per heavy atom. The number of nitrogens with zero attached hydrogens (tertiary/aromatic N) is 3. The van der Waals surface area contributed by atoms with Gasteiger partial charge in [-0.05, 0) is 81.1 Å². The van der Waals surface area contributed by atoms with E-state index in [-0.39, 0.29) is 29.8 Å². The number of benzene rings is 3. The molecule has 1 aliphatic rings. The number of fused-ring (bicyclic) bond motifs is 1. The summed E-state index contributed by atoms with van der Waals surface area (Å²) in [6.07, 6.45) is 3.46. The number of amides is 1. The molecule has 178 valence electrons. The molecule has 1 N–H and O–H groups in total. The summed E-state index contributed by atoms with van der Waals surface area (Å²) < 4.78 is 14.9. The molecule has 0 atom stereocenters. The van der Waals surface area contributed by atoms with E-state index in [2.05, 4.69) is 36.1 Å². The van der Waals surface area contributed by atoms with E-state index in [0.717, 1.165) is 40.7 Å². The molecule has 1 fully saturated rings. The molecule has 0 spiro atoms. The van der Waals surface area contributed by atoms with Crippen LogP contribution in [-0.2, 0) is 6.54 Å². The summed E-state index contributed by atoms with van der Waals surface area (Å²) in [6, 6.07) is 20.5. The van der Waals surface area contributed by atoms with Crippen molar-refractivity contribution >= 4 is 22.6 Å². The summed E-state index contributed by atoms with van der Waals surface area (Å²) in [6.45, 7) is 6.49. The molecule has 0 radical (unpaired) electrons. The van der Waals surface area contributed by atoms with E-state index in [1.54, 1.807) is 17.3 Å². The fourth-order valence-electron chi connectivity index (χ4n) is 4.25. The second-order valence-electron chi connectivity index (χ2n) is 10.2. The second kappa shape index (κ2) is 9.10. The average molecular weight is 469 g/mol. The zero-order valence-corrected chi connectivity index (χ0v) is 20.3. The van der Waals surface area contributed by atoms with E-state index in [1.807, 2.05) is 54.6 Å². The molecule has 1 saturated carbocycles. The minimum Gasteiger partial charge on any atom is -0.365 e. The first-order valence-electron chi connectivity index (χ1n) is 12.0. The van der Waals surface area contributed by atoms with Crippen LogP contribution in [0.25, 0.3) is 22.0 Å². The van der Waals surface area contributed by atoms with Gasteiger partial charge in [0.05, 0.1) is 5.52 Å². The van der Waals surface area contributed by atoms with E-state index in [1.165, 1.54) is 6.07 Å². The Kier molecular flexibility index (Phi) is 5.97. The first-order chi connectivity index (χ1) is 16.8. The summed E-state index contributed by atoms with van der Waals surface area (Å²) >= 11 is 0. The predicted molar refractivity (Wildman–Crippen MR) is 138 cm³/mol. The van der Waals surface area contributed by atoms with Crippen LogP contribution in [-0.4, -0.2) is 32.4 Å². The highest BCUT2D eigenvalue weighted by Crippen LogP contribution is 2.33. The van der Waals surface area contributed by atoms with Gasteiger partial charge in [-0.2, -0.15) is 0 Å². The van der Waals surface area contributed by atoms with Gasteiger partial charge in [-0.3, -0.25) is 4.79 Å². The number of hydrogen-bond donors (Lipinski definition) is 1. The van der Waals surface area contributed by atoms with Gasteiger partial charge in [-0.25, -0.2) is 14.4 Å². The predicted octanol–water partition coefficient (Wildman–Crippen LogP) is 6.45.